The predicted octanol–water partition coefficient (Wildman–Crippen LogP) is -7.26. The summed E-state index contributed by atoms with van der Waals surface area (Å²) in [4.78, 5) is 18.8. The van der Waals surface area contributed by atoms with Crippen LogP contribution in [0.5, 0.6) is 0 Å². The van der Waals surface area contributed by atoms with Gasteiger partial charge < -0.3 is 59.0 Å². The van der Waals surface area contributed by atoms with Gasteiger partial charge in [0.05, 0.1) is 11.7 Å². The number of aliphatic hydroxyl groups excluding tert-OH is 4. The number of quaternary nitrogens is 1. The fraction of sp³-hybridized carbons (Fsp3) is 0.500. The molecule has 0 amide bonds. The number of ether oxygens (including phenoxy) is 1. The van der Waals surface area contributed by atoms with Gasteiger partial charge in [-0.25, -0.2) is 4.79 Å². The van der Waals surface area contributed by atoms with E-state index in [9.17, 15) is 4.79 Å². The molecule has 1 aliphatic rings. The molecule has 2 atom stereocenters. The van der Waals surface area contributed by atoms with Crippen molar-refractivity contribution in [2.75, 3.05) is 6.61 Å². The molecule has 0 fully saturated rings. The van der Waals surface area contributed by atoms with E-state index in [-0.39, 0.29) is 48.1 Å². The SMILES string of the molecule is O=C1O[C@H]([C@@H](O)CO)C(O)=C1O.O=[N+]([O-])[O-].[Cl-].[NH4+].[Na+]. The number of aliphatic hydroxyl groups is 4. The molecule has 0 aromatic heterocycles. The van der Waals surface area contributed by atoms with Crippen LogP contribution in [-0.2, 0) is 9.53 Å². The number of hydrogen-bond acceptors (Lipinski definition) is 9. The Hall–Kier alpha value is -0.820. The van der Waals surface area contributed by atoms with Crippen molar-refractivity contribution in [2.45, 2.75) is 12.2 Å². The summed E-state index contributed by atoms with van der Waals surface area (Å²) in [5, 5.41) is 49.8. The average Bonchev–Trinajstić information content (AvgIpc) is 2.44. The van der Waals surface area contributed by atoms with Crippen molar-refractivity contribution < 1.29 is 77.0 Å². The first-order valence-electron chi connectivity index (χ1n) is 3.74. The molecule has 0 aromatic carbocycles. The zero-order chi connectivity index (χ0) is 12.9. The van der Waals surface area contributed by atoms with Crippen molar-refractivity contribution in [2.24, 2.45) is 0 Å². The maximum absolute atomic E-state index is 10.5. The molecular formula is C6H12ClN2NaO9. The molecule has 8 N–H and O–H groups in total. The molecule has 0 saturated carbocycles. The maximum Gasteiger partial charge on any atom is 1.00 e. The summed E-state index contributed by atoms with van der Waals surface area (Å²) in [6.45, 7) is -0.671. The summed E-state index contributed by atoms with van der Waals surface area (Å²) in [5.41, 5.74) is 0. The van der Waals surface area contributed by atoms with Crippen LogP contribution in [0.1, 0.15) is 0 Å². The van der Waals surface area contributed by atoms with Gasteiger partial charge >= 0.3 is 35.5 Å². The van der Waals surface area contributed by atoms with E-state index >= 15 is 0 Å². The Morgan fingerprint density at radius 1 is 1.37 bits per heavy atom. The smallest absolute Gasteiger partial charge is 1.00 e. The number of halogens is 1. The molecule has 0 radical (unpaired) electrons. The molecule has 11 nitrogen and oxygen atoms in total. The summed E-state index contributed by atoms with van der Waals surface area (Å²) in [7, 11) is 0. The van der Waals surface area contributed by atoms with E-state index in [0.717, 1.165) is 0 Å². The van der Waals surface area contributed by atoms with Crippen LogP contribution in [0, 0.1) is 15.3 Å². The zero-order valence-electron chi connectivity index (χ0n) is 10.0. The van der Waals surface area contributed by atoms with Crippen molar-refractivity contribution in [3.8, 4) is 0 Å². The molecule has 0 aliphatic carbocycles. The van der Waals surface area contributed by atoms with Gasteiger partial charge in [0.1, 0.15) is 6.10 Å². The van der Waals surface area contributed by atoms with E-state index in [4.69, 9.17) is 35.7 Å². The first-order valence-corrected chi connectivity index (χ1v) is 3.74. The van der Waals surface area contributed by atoms with Crippen LogP contribution in [0.4, 0.5) is 0 Å². The van der Waals surface area contributed by atoms with Gasteiger partial charge in [0, 0.05) is 0 Å². The number of carbonyl (C=O) groups is 1. The van der Waals surface area contributed by atoms with Gasteiger partial charge in [0.25, 0.3) is 0 Å². The summed E-state index contributed by atoms with van der Waals surface area (Å²) < 4.78 is 4.32. The first-order chi connectivity index (χ1) is 7.31. The van der Waals surface area contributed by atoms with Crippen molar-refractivity contribution in [3.05, 3.63) is 26.8 Å². The Kier molecular flexibility index (Phi) is 17.2. The second-order valence-electron chi connectivity index (χ2n) is 2.53. The quantitative estimate of drug-likeness (QED) is 0.141. The average molecular weight is 315 g/mol. The van der Waals surface area contributed by atoms with Gasteiger partial charge in [-0.1, -0.05) is 0 Å². The van der Waals surface area contributed by atoms with Crippen LogP contribution < -0.4 is 48.1 Å². The standard InChI is InChI=1S/C6H8O6.ClH.NO3.H3N.Na/c7-1-2(8)5-3(9)4(10)6(11)12-5;;2-1(3)4;;/h2,5,7-10H,1H2;1H;;1H3;/q;;-1;;+1/t2-,5+;;;;/m0..../s1. The third kappa shape index (κ3) is 8.83. The number of esters is 1. The van der Waals surface area contributed by atoms with E-state index in [1.165, 1.54) is 0 Å². The van der Waals surface area contributed by atoms with E-state index in [1.54, 1.807) is 0 Å². The molecule has 0 unspecified atom stereocenters. The molecule has 19 heavy (non-hydrogen) atoms. The van der Waals surface area contributed by atoms with Crippen LogP contribution in [0.15, 0.2) is 11.5 Å². The van der Waals surface area contributed by atoms with Crippen LogP contribution in [0.3, 0.4) is 0 Å². The minimum absolute atomic E-state index is 0. The molecular weight excluding hydrogens is 303 g/mol. The van der Waals surface area contributed by atoms with E-state index in [2.05, 4.69) is 4.74 Å². The molecule has 108 valence electrons. The Balaban J connectivity index is -0.000000144. The van der Waals surface area contributed by atoms with Crippen LogP contribution in [0.25, 0.3) is 0 Å². The van der Waals surface area contributed by atoms with Crippen molar-refractivity contribution in [1.82, 2.24) is 6.15 Å². The monoisotopic (exact) mass is 314 g/mol. The van der Waals surface area contributed by atoms with Gasteiger partial charge in [0.15, 0.2) is 11.9 Å². The van der Waals surface area contributed by atoms with Crippen molar-refractivity contribution in [3.63, 3.8) is 0 Å². The molecule has 0 bridgehead atoms. The molecule has 0 aromatic rings. The Labute approximate surface area is 134 Å². The topological polar surface area (TPSA) is 210 Å². The molecule has 1 rings (SSSR count). The predicted molar refractivity (Wildman–Crippen MR) is 51.6 cm³/mol. The normalized spacial score (nSPS) is 17.6. The van der Waals surface area contributed by atoms with Crippen LogP contribution >= 0.6 is 0 Å². The van der Waals surface area contributed by atoms with Crippen LogP contribution in [-0.4, -0.2) is 50.3 Å². The molecule has 1 aliphatic heterocycles. The number of carbonyl (C=O) groups excluding carboxylic acids is 1. The van der Waals surface area contributed by atoms with Crippen molar-refractivity contribution >= 4 is 5.97 Å². The maximum atomic E-state index is 10.5. The second kappa shape index (κ2) is 12.2. The summed E-state index contributed by atoms with van der Waals surface area (Å²) in [6, 6.07) is 0. The second-order valence-corrected chi connectivity index (χ2v) is 2.53. The molecule has 0 saturated heterocycles. The number of hydrogen-bond donors (Lipinski definition) is 5. The van der Waals surface area contributed by atoms with Crippen LogP contribution in [0.2, 0.25) is 0 Å². The van der Waals surface area contributed by atoms with E-state index in [0.29, 0.717) is 0 Å². The summed E-state index contributed by atoms with van der Waals surface area (Å²) in [5.74, 6) is -2.78. The van der Waals surface area contributed by atoms with Gasteiger partial charge in [-0.05, 0) is 0 Å². The third-order valence-electron chi connectivity index (χ3n) is 1.48. The molecule has 1 heterocycles. The Morgan fingerprint density at radius 3 is 1.95 bits per heavy atom. The fourth-order valence-electron chi connectivity index (χ4n) is 0.823. The minimum atomic E-state index is -1.75. The summed E-state index contributed by atoms with van der Waals surface area (Å²) in [6.07, 6.45) is -2.78. The van der Waals surface area contributed by atoms with E-state index in [1.807, 2.05) is 0 Å². The number of nitrogens with zero attached hydrogens (tertiary/aromatic N) is 1. The molecule has 0 spiro atoms. The first kappa shape index (κ1) is 26.7. The summed E-state index contributed by atoms with van der Waals surface area (Å²) >= 11 is 0. The van der Waals surface area contributed by atoms with Gasteiger partial charge in [-0.15, -0.1) is 0 Å². The number of rotatable bonds is 2. The van der Waals surface area contributed by atoms with Gasteiger partial charge in [0.2, 0.25) is 5.76 Å². The number of cyclic esters (lactones) is 1. The third-order valence-corrected chi connectivity index (χ3v) is 1.48. The minimum Gasteiger partial charge on any atom is -1.00 e. The fourth-order valence-corrected chi connectivity index (χ4v) is 0.823. The van der Waals surface area contributed by atoms with Crippen molar-refractivity contribution in [1.29, 1.82) is 0 Å². The Morgan fingerprint density at radius 2 is 1.74 bits per heavy atom. The van der Waals surface area contributed by atoms with E-state index < -0.39 is 41.4 Å². The largest absolute Gasteiger partial charge is 1.00 e. The zero-order valence-corrected chi connectivity index (χ0v) is 12.8. The van der Waals surface area contributed by atoms with Gasteiger partial charge in [-0.2, -0.15) is 0 Å². The molecule has 13 heteroatoms. The van der Waals surface area contributed by atoms with Gasteiger partial charge in [-0.3, -0.25) is 0 Å². The Bertz CT molecular complexity index is 322.